The molecule has 1 aromatic carbocycles. The van der Waals surface area contributed by atoms with E-state index in [1.165, 1.54) is 24.5 Å². The highest BCUT2D eigenvalue weighted by atomic mass is 19.1. The smallest absolute Gasteiger partial charge is 0.248 e. The van der Waals surface area contributed by atoms with Gasteiger partial charge in [-0.3, -0.25) is 9.20 Å². The van der Waals surface area contributed by atoms with Crippen molar-refractivity contribution in [3.8, 4) is 17.4 Å². The van der Waals surface area contributed by atoms with Gasteiger partial charge in [-0.15, -0.1) is 0 Å². The standard InChI is InChI=1S/C21H22FN3O5/c22-18-11-17(29-8-7-28-16-3-5-27-6-4-16)1-2-19(18)30-20-10-14(21(23)26)9-15-12-24-13-25(15)20/h1-2,9-13,16H,3-8H2,(H2,23,26). The van der Waals surface area contributed by atoms with Gasteiger partial charge in [0.15, 0.2) is 11.6 Å². The number of rotatable bonds is 8. The van der Waals surface area contributed by atoms with Gasteiger partial charge in [-0.1, -0.05) is 0 Å². The molecule has 1 fully saturated rings. The molecule has 3 heterocycles. The Kier molecular flexibility index (Phi) is 6.10. The van der Waals surface area contributed by atoms with Crippen molar-refractivity contribution >= 4 is 11.4 Å². The molecule has 0 aliphatic carbocycles. The zero-order valence-corrected chi connectivity index (χ0v) is 16.3. The molecule has 1 aliphatic heterocycles. The Bertz CT molecular complexity index is 1030. The number of amides is 1. The number of halogens is 1. The Morgan fingerprint density at radius 3 is 2.83 bits per heavy atom. The molecule has 2 aromatic heterocycles. The molecule has 30 heavy (non-hydrogen) atoms. The van der Waals surface area contributed by atoms with E-state index in [2.05, 4.69) is 4.98 Å². The van der Waals surface area contributed by atoms with Crippen molar-refractivity contribution in [1.29, 1.82) is 0 Å². The normalized spacial score (nSPS) is 14.7. The number of carbonyl (C=O) groups excluding carboxylic acids is 1. The summed E-state index contributed by atoms with van der Waals surface area (Å²) < 4.78 is 38.4. The van der Waals surface area contributed by atoms with Gasteiger partial charge in [0.1, 0.15) is 18.7 Å². The first-order valence-electron chi connectivity index (χ1n) is 9.65. The van der Waals surface area contributed by atoms with E-state index in [9.17, 15) is 9.18 Å². The number of hydrogen-bond donors (Lipinski definition) is 1. The molecule has 0 atom stereocenters. The first-order chi connectivity index (χ1) is 14.6. The molecule has 0 saturated carbocycles. The van der Waals surface area contributed by atoms with E-state index in [-0.39, 0.29) is 23.3 Å². The number of imidazole rings is 1. The lowest BCUT2D eigenvalue weighted by Gasteiger charge is -2.22. The zero-order chi connectivity index (χ0) is 20.9. The number of hydrogen-bond acceptors (Lipinski definition) is 6. The first-order valence-corrected chi connectivity index (χ1v) is 9.65. The van der Waals surface area contributed by atoms with Crippen LogP contribution in [-0.4, -0.2) is 47.8 Å². The van der Waals surface area contributed by atoms with Crippen LogP contribution in [0, 0.1) is 5.82 Å². The van der Waals surface area contributed by atoms with Gasteiger partial charge in [0.05, 0.1) is 24.4 Å². The fourth-order valence-corrected chi connectivity index (χ4v) is 3.20. The van der Waals surface area contributed by atoms with Crippen molar-refractivity contribution in [2.45, 2.75) is 18.9 Å². The van der Waals surface area contributed by atoms with Gasteiger partial charge >= 0.3 is 0 Å². The van der Waals surface area contributed by atoms with E-state index < -0.39 is 11.7 Å². The number of ether oxygens (including phenoxy) is 4. The second-order valence-corrected chi connectivity index (χ2v) is 6.86. The second-order valence-electron chi connectivity index (χ2n) is 6.86. The number of nitrogens with zero attached hydrogens (tertiary/aromatic N) is 2. The predicted molar refractivity (Wildman–Crippen MR) is 105 cm³/mol. The molecule has 1 aliphatic rings. The van der Waals surface area contributed by atoms with Crippen LogP contribution in [0.4, 0.5) is 4.39 Å². The van der Waals surface area contributed by atoms with Gasteiger partial charge in [0, 0.05) is 30.9 Å². The van der Waals surface area contributed by atoms with Crippen molar-refractivity contribution < 1.29 is 28.1 Å². The lowest BCUT2D eigenvalue weighted by molar-refractivity contribution is -0.0388. The van der Waals surface area contributed by atoms with Crippen LogP contribution in [0.15, 0.2) is 42.9 Å². The van der Waals surface area contributed by atoms with Crippen molar-refractivity contribution in [3.05, 3.63) is 54.2 Å². The molecule has 2 N–H and O–H groups in total. The van der Waals surface area contributed by atoms with Gasteiger partial charge in [-0.05, 0) is 31.0 Å². The third-order valence-electron chi connectivity index (χ3n) is 4.76. The molecule has 0 unspecified atom stereocenters. The zero-order valence-electron chi connectivity index (χ0n) is 16.3. The van der Waals surface area contributed by atoms with E-state index in [1.54, 1.807) is 22.7 Å². The van der Waals surface area contributed by atoms with E-state index in [4.69, 9.17) is 24.7 Å². The number of pyridine rings is 1. The van der Waals surface area contributed by atoms with Crippen LogP contribution in [0.2, 0.25) is 0 Å². The fourth-order valence-electron chi connectivity index (χ4n) is 3.20. The Hall–Kier alpha value is -3.17. The summed E-state index contributed by atoms with van der Waals surface area (Å²) in [7, 11) is 0. The van der Waals surface area contributed by atoms with Crippen molar-refractivity contribution in [3.63, 3.8) is 0 Å². The summed E-state index contributed by atoms with van der Waals surface area (Å²) in [5.41, 5.74) is 6.20. The first kappa shape index (κ1) is 20.1. The third kappa shape index (κ3) is 4.69. The molecule has 9 heteroatoms. The topological polar surface area (TPSA) is 97.3 Å². The third-order valence-corrected chi connectivity index (χ3v) is 4.76. The van der Waals surface area contributed by atoms with Crippen LogP contribution in [0.5, 0.6) is 17.4 Å². The van der Waals surface area contributed by atoms with Crippen LogP contribution in [0.1, 0.15) is 23.2 Å². The molecule has 158 valence electrons. The van der Waals surface area contributed by atoms with Gasteiger partial charge in [0.2, 0.25) is 11.8 Å². The molecule has 0 bridgehead atoms. The lowest BCUT2D eigenvalue weighted by atomic mass is 10.2. The summed E-state index contributed by atoms with van der Waals surface area (Å²) in [5.74, 6) is -0.644. The van der Waals surface area contributed by atoms with E-state index >= 15 is 0 Å². The molecule has 3 aromatic rings. The summed E-state index contributed by atoms with van der Waals surface area (Å²) in [5, 5.41) is 0. The molecular weight excluding hydrogens is 393 g/mol. The largest absolute Gasteiger partial charge is 0.491 e. The summed E-state index contributed by atoms with van der Waals surface area (Å²) in [6.45, 7) is 2.16. The molecule has 4 rings (SSSR count). The monoisotopic (exact) mass is 415 g/mol. The molecule has 0 spiro atoms. The average Bonchev–Trinajstić information content (AvgIpc) is 3.23. The maximum absolute atomic E-state index is 14.6. The minimum absolute atomic E-state index is 0.0163. The molecule has 1 saturated heterocycles. The highest BCUT2D eigenvalue weighted by Crippen LogP contribution is 2.29. The van der Waals surface area contributed by atoms with Crippen LogP contribution in [0.25, 0.3) is 5.52 Å². The number of fused-ring (bicyclic) bond motifs is 1. The van der Waals surface area contributed by atoms with Crippen molar-refractivity contribution in [2.75, 3.05) is 26.4 Å². The lowest BCUT2D eigenvalue weighted by Crippen LogP contribution is -2.25. The average molecular weight is 415 g/mol. The van der Waals surface area contributed by atoms with E-state index in [1.807, 2.05) is 0 Å². The fraction of sp³-hybridized carbons (Fsp3) is 0.333. The maximum atomic E-state index is 14.6. The SMILES string of the molecule is NC(=O)c1cc(Oc2ccc(OCCOC3CCOCC3)cc2F)n2cncc2c1. The van der Waals surface area contributed by atoms with Crippen molar-refractivity contribution in [2.24, 2.45) is 5.73 Å². The minimum Gasteiger partial charge on any atom is -0.491 e. The van der Waals surface area contributed by atoms with E-state index in [0.717, 1.165) is 12.8 Å². The number of carbonyl (C=O) groups is 1. The van der Waals surface area contributed by atoms with E-state index in [0.29, 0.717) is 37.7 Å². The number of primary amides is 1. The van der Waals surface area contributed by atoms with Crippen LogP contribution in [0.3, 0.4) is 0 Å². The molecule has 1 amide bonds. The Morgan fingerprint density at radius 1 is 1.23 bits per heavy atom. The second kappa shape index (κ2) is 9.10. The van der Waals surface area contributed by atoms with Gasteiger partial charge in [-0.25, -0.2) is 9.37 Å². The summed E-state index contributed by atoms with van der Waals surface area (Å²) in [4.78, 5) is 15.6. The highest BCUT2D eigenvalue weighted by molar-refractivity contribution is 5.94. The van der Waals surface area contributed by atoms with Crippen LogP contribution in [-0.2, 0) is 9.47 Å². The highest BCUT2D eigenvalue weighted by Gasteiger charge is 2.15. The quantitative estimate of drug-likeness (QED) is 0.568. The van der Waals surface area contributed by atoms with Gasteiger partial charge in [-0.2, -0.15) is 0 Å². The molecule has 8 nitrogen and oxygen atoms in total. The Balaban J connectivity index is 1.39. The minimum atomic E-state index is -0.615. The summed E-state index contributed by atoms with van der Waals surface area (Å²) in [6.07, 6.45) is 4.99. The molecular formula is C21H22FN3O5. The number of nitrogens with two attached hydrogens (primary N) is 1. The van der Waals surface area contributed by atoms with Crippen LogP contribution >= 0.6 is 0 Å². The predicted octanol–water partition coefficient (Wildman–Crippen LogP) is 2.94. The molecule has 0 radical (unpaired) electrons. The summed E-state index contributed by atoms with van der Waals surface area (Å²) in [6, 6.07) is 7.33. The maximum Gasteiger partial charge on any atom is 0.248 e. The van der Waals surface area contributed by atoms with Crippen molar-refractivity contribution in [1.82, 2.24) is 9.38 Å². The number of benzene rings is 1. The van der Waals surface area contributed by atoms with Gasteiger partial charge < -0.3 is 24.7 Å². The van der Waals surface area contributed by atoms with Gasteiger partial charge in [0.25, 0.3) is 0 Å². The Morgan fingerprint density at radius 2 is 2.07 bits per heavy atom. The Labute approximate surface area is 172 Å². The summed E-state index contributed by atoms with van der Waals surface area (Å²) >= 11 is 0. The van der Waals surface area contributed by atoms with Crippen LogP contribution < -0.4 is 15.2 Å². The number of aromatic nitrogens is 2.